The van der Waals surface area contributed by atoms with E-state index in [0.717, 1.165) is 38.5 Å². The van der Waals surface area contributed by atoms with Gasteiger partial charge in [0.2, 0.25) is 10.0 Å². The van der Waals surface area contributed by atoms with Crippen molar-refractivity contribution in [1.82, 2.24) is 4.31 Å². The average molecular weight is 261 g/mol. The van der Waals surface area contributed by atoms with Crippen LogP contribution >= 0.6 is 0 Å². The number of rotatable bonds is 2. The van der Waals surface area contributed by atoms with Gasteiger partial charge in [0, 0.05) is 6.54 Å². The fraction of sp³-hybridized carbons (Fsp3) is 1.00. The van der Waals surface area contributed by atoms with E-state index in [2.05, 4.69) is 6.92 Å². The molecule has 1 aliphatic heterocycles. The number of aliphatic hydroxyl groups excluding tert-OH is 1. The molecule has 2 fully saturated rings. The molecular formula is C12H23NO3S. The Balaban J connectivity index is 2.27. The maximum Gasteiger partial charge on any atom is 0.214 e. The van der Waals surface area contributed by atoms with E-state index in [1.165, 1.54) is 0 Å². The zero-order valence-electron chi connectivity index (χ0n) is 10.6. The minimum absolute atomic E-state index is 0.0312. The van der Waals surface area contributed by atoms with Gasteiger partial charge in [-0.15, -0.1) is 0 Å². The summed E-state index contributed by atoms with van der Waals surface area (Å²) in [5, 5.41) is 9.74. The van der Waals surface area contributed by atoms with Gasteiger partial charge in [-0.2, -0.15) is 4.31 Å². The van der Waals surface area contributed by atoms with Gasteiger partial charge >= 0.3 is 0 Å². The summed E-state index contributed by atoms with van der Waals surface area (Å²) in [6.45, 7) is 2.71. The first-order valence-corrected chi connectivity index (χ1v) is 8.22. The first-order chi connectivity index (χ1) is 8.00. The van der Waals surface area contributed by atoms with Gasteiger partial charge in [0.15, 0.2) is 0 Å². The molecule has 1 saturated heterocycles. The molecule has 1 saturated carbocycles. The number of hydrogen-bond acceptors (Lipinski definition) is 3. The van der Waals surface area contributed by atoms with Crippen molar-refractivity contribution in [2.45, 2.75) is 51.0 Å². The quantitative estimate of drug-likeness (QED) is 0.816. The van der Waals surface area contributed by atoms with Crippen LogP contribution in [-0.4, -0.2) is 42.3 Å². The molecule has 2 rings (SSSR count). The normalized spacial score (nSPS) is 39.1. The lowest BCUT2D eigenvalue weighted by atomic mass is 9.76. The second-order valence-electron chi connectivity index (χ2n) is 5.68. The van der Waals surface area contributed by atoms with Crippen molar-refractivity contribution in [3.05, 3.63) is 0 Å². The molecule has 0 aromatic carbocycles. The zero-order chi connectivity index (χ0) is 12.5. The highest BCUT2D eigenvalue weighted by Crippen LogP contribution is 2.39. The van der Waals surface area contributed by atoms with Crippen LogP contribution in [0.3, 0.4) is 0 Å². The van der Waals surface area contributed by atoms with Gasteiger partial charge in [-0.05, 0) is 31.6 Å². The molecule has 2 atom stereocenters. The van der Waals surface area contributed by atoms with Crippen molar-refractivity contribution in [1.29, 1.82) is 0 Å². The molecule has 0 aromatic rings. The number of aliphatic hydroxyl groups is 1. The summed E-state index contributed by atoms with van der Waals surface area (Å²) < 4.78 is 26.0. The van der Waals surface area contributed by atoms with Crippen LogP contribution < -0.4 is 0 Å². The summed E-state index contributed by atoms with van der Waals surface area (Å²) >= 11 is 0. The summed E-state index contributed by atoms with van der Waals surface area (Å²) in [5.41, 5.74) is -0.503. The Hall–Kier alpha value is -0.130. The Morgan fingerprint density at radius 2 is 2.12 bits per heavy atom. The predicted octanol–water partition coefficient (Wildman–Crippen LogP) is 1.35. The predicted molar refractivity (Wildman–Crippen MR) is 67.2 cm³/mol. The Labute approximate surface area is 104 Å². The summed E-state index contributed by atoms with van der Waals surface area (Å²) in [7, 11) is -3.14. The van der Waals surface area contributed by atoms with E-state index >= 15 is 0 Å². The van der Waals surface area contributed by atoms with Crippen LogP contribution in [0.2, 0.25) is 0 Å². The van der Waals surface area contributed by atoms with E-state index in [-0.39, 0.29) is 12.4 Å². The lowest BCUT2D eigenvalue weighted by molar-refractivity contribution is 0.0358. The maximum absolute atomic E-state index is 12.2. The number of sulfonamides is 1. The first kappa shape index (κ1) is 13.3. The van der Waals surface area contributed by atoms with Gasteiger partial charge in [0.25, 0.3) is 0 Å². The minimum atomic E-state index is -3.14. The third-order valence-electron chi connectivity index (χ3n) is 4.24. The Bertz CT molecular complexity index is 368. The monoisotopic (exact) mass is 261 g/mol. The molecule has 0 bridgehead atoms. The Kier molecular flexibility index (Phi) is 3.80. The smallest absolute Gasteiger partial charge is 0.214 e. The van der Waals surface area contributed by atoms with Gasteiger partial charge in [0.1, 0.15) is 0 Å². The van der Waals surface area contributed by atoms with Crippen molar-refractivity contribution in [2.24, 2.45) is 5.92 Å². The SMILES string of the molecule is CC1CCCC(CO)(N2CCCCS2(=O)=O)C1. The molecule has 0 spiro atoms. The standard InChI is InChI=1S/C12H23NO3S/c1-11-5-4-6-12(9-11,10-14)13-7-2-3-8-17(13,15)16/h11,14H,2-10H2,1H3. The highest BCUT2D eigenvalue weighted by Gasteiger charge is 2.45. The van der Waals surface area contributed by atoms with Gasteiger partial charge in [-0.1, -0.05) is 19.8 Å². The van der Waals surface area contributed by atoms with Crippen LogP contribution in [0.1, 0.15) is 45.4 Å². The van der Waals surface area contributed by atoms with Crippen LogP contribution in [0.5, 0.6) is 0 Å². The summed E-state index contributed by atoms with van der Waals surface area (Å²) in [5.74, 6) is 0.761. The summed E-state index contributed by atoms with van der Waals surface area (Å²) in [6.07, 6.45) is 5.48. The molecule has 0 aromatic heterocycles. The molecule has 17 heavy (non-hydrogen) atoms. The molecule has 0 radical (unpaired) electrons. The van der Waals surface area contributed by atoms with Crippen molar-refractivity contribution in [3.63, 3.8) is 0 Å². The van der Waals surface area contributed by atoms with E-state index < -0.39 is 15.6 Å². The molecule has 2 unspecified atom stereocenters. The molecule has 1 aliphatic carbocycles. The van der Waals surface area contributed by atoms with Gasteiger partial charge in [-0.3, -0.25) is 0 Å². The van der Waals surface area contributed by atoms with Crippen LogP contribution in [0, 0.1) is 5.92 Å². The third-order valence-corrected chi connectivity index (χ3v) is 6.29. The molecule has 5 heteroatoms. The molecular weight excluding hydrogens is 238 g/mol. The van der Waals surface area contributed by atoms with Crippen molar-refractivity contribution in [3.8, 4) is 0 Å². The lowest BCUT2D eigenvalue weighted by Gasteiger charge is -2.47. The molecule has 1 N–H and O–H groups in total. The van der Waals surface area contributed by atoms with Gasteiger partial charge in [0.05, 0.1) is 17.9 Å². The van der Waals surface area contributed by atoms with Gasteiger partial charge < -0.3 is 5.11 Å². The zero-order valence-corrected chi connectivity index (χ0v) is 11.4. The van der Waals surface area contributed by atoms with Crippen LogP contribution in [-0.2, 0) is 10.0 Å². The number of hydrogen-bond donors (Lipinski definition) is 1. The van der Waals surface area contributed by atoms with Crippen LogP contribution in [0.25, 0.3) is 0 Å². The fourth-order valence-corrected chi connectivity index (χ4v) is 5.41. The molecule has 4 nitrogen and oxygen atoms in total. The van der Waals surface area contributed by atoms with Crippen molar-refractivity contribution in [2.75, 3.05) is 18.9 Å². The third kappa shape index (κ3) is 2.51. The van der Waals surface area contributed by atoms with Crippen LogP contribution in [0.15, 0.2) is 0 Å². The Morgan fingerprint density at radius 3 is 2.71 bits per heavy atom. The van der Waals surface area contributed by atoms with E-state index in [1.807, 2.05) is 0 Å². The minimum Gasteiger partial charge on any atom is -0.394 e. The molecule has 1 heterocycles. The maximum atomic E-state index is 12.2. The fourth-order valence-electron chi connectivity index (χ4n) is 3.40. The molecule has 2 aliphatic rings. The first-order valence-electron chi connectivity index (χ1n) is 6.62. The molecule has 0 amide bonds. The van der Waals surface area contributed by atoms with E-state index in [4.69, 9.17) is 0 Å². The van der Waals surface area contributed by atoms with E-state index in [0.29, 0.717) is 12.5 Å². The second kappa shape index (κ2) is 4.86. The largest absolute Gasteiger partial charge is 0.394 e. The van der Waals surface area contributed by atoms with Crippen molar-refractivity contribution >= 4 is 10.0 Å². The summed E-state index contributed by atoms with van der Waals surface area (Å²) in [4.78, 5) is 0. The topological polar surface area (TPSA) is 57.6 Å². The summed E-state index contributed by atoms with van der Waals surface area (Å²) in [6, 6.07) is 0. The second-order valence-corrected chi connectivity index (χ2v) is 7.69. The number of nitrogens with zero attached hydrogens (tertiary/aromatic N) is 1. The van der Waals surface area contributed by atoms with E-state index in [9.17, 15) is 13.5 Å². The highest BCUT2D eigenvalue weighted by molar-refractivity contribution is 7.89. The molecule has 100 valence electrons. The van der Waals surface area contributed by atoms with Crippen LogP contribution in [0.4, 0.5) is 0 Å². The van der Waals surface area contributed by atoms with Gasteiger partial charge in [-0.25, -0.2) is 8.42 Å². The highest BCUT2D eigenvalue weighted by atomic mass is 32.2. The van der Waals surface area contributed by atoms with Crippen molar-refractivity contribution < 1.29 is 13.5 Å². The average Bonchev–Trinajstić information content (AvgIpc) is 2.28. The Morgan fingerprint density at radius 1 is 1.35 bits per heavy atom. The lowest BCUT2D eigenvalue weighted by Crippen LogP contribution is -2.58. The van der Waals surface area contributed by atoms with E-state index in [1.54, 1.807) is 4.31 Å².